The van der Waals surface area contributed by atoms with Crippen LogP contribution < -0.4 is 10.6 Å². The molecule has 0 aliphatic heterocycles. The molecule has 1 aromatic carbocycles. The van der Waals surface area contributed by atoms with Gasteiger partial charge in [-0.15, -0.1) is 0 Å². The molecule has 0 bridgehead atoms. The van der Waals surface area contributed by atoms with Crippen molar-refractivity contribution in [2.75, 3.05) is 26.8 Å². The van der Waals surface area contributed by atoms with Gasteiger partial charge in [-0.3, -0.25) is 9.59 Å². The number of benzene rings is 1. The summed E-state index contributed by atoms with van der Waals surface area (Å²) >= 11 is 0. The van der Waals surface area contributed by atoms with Crippen molar-refractivity contribution in [2.45, 2.75) is 0 Å². The summed E-state index contributed by atoms with van der Waals surface area (Å²) < 4.78 is 4.65. The Kier molecular flexibility index (Phi) is 6.60. The van der Waals surface area contributed by atoms with Gasteiger partial charge in [-0.25, -0.2) is 0 Å². The largest absolute Gasteiger partial charge is 0.375 e. The van der Waals surface area contributed by atoms with Crippen LogP contribution in [0.3, 0.4) is 0 Å². The van der Waals surface area contributed by atoms with Crippen LogP contribution in [0.15, 0.2) is 29.4 Å². The van der Waals surface area contributed by atoms with Gasteiger partial charge in [-0.1, -0.05) is 17.2 Å². The van der Waals surface area contributed by atoms with Crippen molar-refractivity contribution in [2.24, 2.45) is 5.11 Å². The molecule has 0 fully saturated rings. The van der Waals surface area contributed by atoms with Crippen LogP contribution >= 0.6 is 0 Å². The molecule has 0 heterocycles. The lowest BCUT2D eigenvalue weighted by molar-refractivity contribution is -0.124. The van der Waals surface area contributed by atoms with Crippen molar-refractivity contribution in [1.29, 1.82) is 0 Å². The molecule has 2 N–H and O–H groups in total. The molecule has 2 amide bonds. The SMILES string of the molecule is COCC(=O)NCCNC(=O)c1ccc(N=[N+]=[N-])cc1. The van der Waals surface area contributed by atoms with Crippen LogP contribution in [0, 0.1) is 0 Å². The molecule has 0 spiro atoms. The lowest BCUT2D eigenvalue weighted by Gasteiger charge is -2.07. The Hall–Kier alpha value is -2.57. The highest BCUT2D eigenvalue weighted by atomic mass is 16.5. The smallest absolute Gasteiger partial charge is 0.251 e. The number of carbonyl (C=O) groups excluding carboxylic acids is 2. The van der Waals surface area contributed by atoms with Gasteiger partial charge in [0.1, 0.15) is 6.61 Å². The molecule has 0 atom stereocenters. The molecule has 106 valence electrons. The number of rotatable bonds is 7. The second-order valence-corrected chi connectivity index (χ2v) is 3.78. The van der Waals surface area contributed by atoms with E-state index in [1.54, 1.807) is 24.3 Å². The number of methoxy groups -OCH3 is 1. The maximum Gasteiger partial charge on any atom is 0.251 e. The molecule has 20 heavy (non-hydrogen) atoms. The van der Waals surface area contributed by atoms with Crippen molar-refractivity contribution in [3.63, 3.8) is 0 Å². The number of hydrogen-bond acceptors (Lipinski definition) is 4. The highest BCUT2D eigenvalue weighted by Gasteiger charge is 2.04. The molecule has 0 aliphatic carbocycles. The van der Waals surface area contributed by atoms with Crippen molar-refractivity contribution in [1.82, 2.24) is 10.6 Å². The summed E-state index contributed by atoms with van der Waals surface area (Å²) in [6.45, 7) is 0.631. The third-order valence-electron chi connectivity index (χ3n) is 2.30. The number of amides is 2. The van der Waals surface area contributed by atoms with Gasteiger partial charge in [0.15, 0.2) is 0 Å². The van der Waals surface area contributed by atoms with Crippen molar-refractivity contribution in [3.8, 4) is 0 Å². The molecule has 1 aromatic rings. The predicted octanol–water partition coefficient (Wildman–Crippen LogP) is 1.12. The first-order valence-electron chi connectivity index (χ1n) is 5.86. The third-order valence-corrected chi connectivity index (χ3v) is 2.30. The van der Waals surface area contributed by atoms with Gasteiger partial charge >= 0.3 is 0 Å². The maximum absolute atomic E-state index is 11.7. The number of ether oxygens (including phenoxy) is 1. The van der Waals surface area contributed by atoms with E-state index in [0.29, 0.717) is 24.3 Å². The first-order valence-corrected chi connectivity index (χ1v) is 5.86. The van der Waals surface area contributed by atoms with E-state index in [9.17, 15) is 9.59 Å². The van der Waals surface area contributed by atoms with Gasteiger partial charge in [0.2, 0.25) is 5.91 Å². The Morgan fingerprint density at radius 2 is 1.90 bits per heavy atom. The summed E-state index contributed by atoms with van der Waals surface area (Å²) in [6.07, 6.45) is 0. The molecule has 0 saturated heterocycles. The van der Waals surface area contributed by atoms with Crippen LogP contribution in [0.4, 0.5) is 5.69 Å². The van der Waals surface area contributed by atoms with Crippen LogP contribution in [-0.4, -0.2) is 38.6 Å². The van der Waals surface area contributed by atoms with Crippen LogP contribution in [0.1, 0.15) is 10.4 Å². The Morgan fingerprint density at radius 3 is 2.50 bits per heavy atom. The summed E-state index contributed by atoms with van der Waals surface area (Å²) in [5.41, 5.74) is 9.15. The fourth-order valence-electron chi connectivity index (χ4n) is 1.39. The van der Waals surface area contributed by atoms with E-state index in [0.717, 1.165) is 0 Å². The van der Waals surface area contributed by atoms with Crippen LogP contribution in [0.5, 0.6) is 0 Å². The monoisotopic (exact) mass is 277 g/mol. The minimum Gasteiger partial charge on any atom is -0.375 e. The quantitative estimate of drug-likeness (QED) is 0.336. The molecule has 0 aromatic heterocycles. The standard InChI is InChI=1S/C12H15N5O3/c1-20-8-11(18)14-6-7-15-12(19)9-2-4-10(5-3-9)16-17-13/h2-5H,6-8H2,1H3,(H,14,18)(H,15,19). The van der Waals surface area contributed by atoms with Gasteiger partial charge < -0.3 is 15.4 Å². The zero-order valence-corrected chi connectivity index (χ0v) is 11.0. The van der Waals surface area contributed by atoms with Gasteiger partial charge in [0.25, 0.3) is 5.91 Å². The summed E-state index contributed by atoms with van der Waals surface area (Å²) in [7, 11) is 1.43. The average molecular weight is 277 g/mol. The van der Waals surface area contributed by atoms with E-state index < -0.39 is 0 Å². The summed E-state index contributed by atoms with van der Waals surface area (Å²) in [5.74, 6) is -0.501. The molecular weight excluding hydrogens is 262 g/mol. The minimum absolute atomic E-state index is 0.00514. The lowest BCUT2D eigenvalue weighted by Crippen LogP contribution is -2.36. The van der Waals surface area contributed by atoms with E-state index in [1.165, 1.54) is 7.11 Å². The predicted molar refractivity (Wildman–Crippen MR) is 72.5 cm³/mol. The normalized spacial score (nSPS) is 9.45. The number of hydrogen-bond donors (Lipinski definition) is 2. The number of nitrogens with one attached hydrogen (secondary N) is 2. The van der Waals surface area contributed by atoms with Crippen molar-refractivity contribution in [3.05, 3.63) is 40.3 Å². The Bertz CT molecular complexity index is 508. The molecular formula is C12H15N5O3. The molecule has 0 saturated carbocycles. The van der Waals surface area contributed by atoms with Crippen LogP contribution in [0.2, 0.25) is 0 Å². The van der Waals surface area contributed by atoms with E-state index >= 15 is 0 Å². The first kappa shape index (κ1) is 15.5. The summed E-state index contributed by atoms with van der Waals surface area (Å²) in [4.78, 5) is 25.4. The fourth-order valence-corrected chi connectivity index (χ4v) is 1.39. The molecule has 8 nitrogen and oxygen atoms in total. The second kappa shape index (κ2) is 8.52. The van der Waals surface area contributed by atoms with E-state index in [2.05, 4.69) is 25.4 Å². The molecule has 0 aliphatic rings. The lowest BCUT2D eigenvalue weighted by atomic mass is 10.2. The number of azide groups is 1. The average Bonchev–Trinajstić information content (AvgIpc) is 2.45. The van der Waals surface area contributed by atoms with Gasteiger partial charge in [-0.2, -0.15) is 0 Å². The Labute approximate surface area is 115 Å². The topological polar surface area (TPSA) is 116 Å². The maximum atomic E-state index is 11.7. The van der Waals surface area contributed by atoms with E-state index in [-0.39, 0.29) is 18.4 Å². The highest BCUT2D eigenvalue weighted by Crippen LogP contribution is 2.12. The highest BCUT2D eigenvalue weighted by molar-refractivity contribution is 5.94. The third kappa shape index (κ3) is 5.38. The van der Waals surface area contributed by atoms with Crippen LogP contribution in [0.25, 0.3) is 10.4 Å². The Balaban J connectivity index is 2.35. The van der Waals surface area contributed by atoms with Gasteiger partial charge in [0, 0.05) is 36.4 Å². The summed E-state index contributed by atoms with van der Waals surface area (Å²) in [6, 6.07) is 6.22. The first-order chi connectivity index (χ1) is 9.67. The molecule has 0 radical (unpaired) electrons. The number of carbonyl (C=O) groups is 2. The zero-order valence-electron chi connectivity index (χ0n) is 11.0. The van der Waals surface area contributed by atoms with Crippen molar-refractivity contribution >= 4 is 17.5 Å². The van der Waals surface area contributed by atoms with Gasteiger partial charge in [0.05, 0.1) is 0 Å². The van der Waals surface area contributed by atoms with Gasteiger partial charge in [-0.05, 0) is 17.7 Å². The van der Waals surface area contributed by atoms with E-state index in [4.69, 9.17) is 5.53 Å². The number of nitrogens with zero attached hydrogens (tertiary/aromatic N) is 3. The molecule has 8 heteroatoms. The fraction of sp³-hybridized carbons (Fsp3) is 0.333. The minimum atomic E-state index is -0.265. The van der Waals surface area contributed by atoms with Crippen LogP contribution in [-0.2, 0) is 9.53 Å². The van der Waals surface area contributed by atoms with Crippen molar-refractivity contribution < 1.29 is 14.3 Å². The second-order valence-electron chi connectivity index (χ2n) is 3.78. The summed E-state index contributed by atoms with van der Waals surface area (Å²) in [5, 5.41) is 8.64. The molecule has 0 unspecified atom stereocenters. The van der Waals surface area contributed by atoms with E-state index in [1.807, 2.05) is 0 Å². The molecule has 1 rings (SSSR count). The Morgan fingerprint density at radius 1 is 1.25 bits per heavy atom. The zero-order chi connectivity index (χ0) is 14.8.